The summed E-state index contributed by atoms with van der Waals surface area (Å²) in [6, 6.07) is 1.84. The lowest BCUT2D eigenvalue weighted by atomic mass is 10.2. The zero-order valence-corrected chi connectivity index (χ0v) is 9.73. The number of ether oxygens (including phenoxy) is 1. The molecule has 1 aromatic heterocycles. The smallest absolute Gasteiger partial charge is 0.261 e. The first-order valence-electron chi connectivity index (χ1n) is 5.14. The molecule has 0 atom stereocenters. The third-order valence-corrected chi connectivity index (χ3v) is 2.83. The summed E-state index contributed by atoms with van der Waals surface area (Å²) in [4.78, 5) is 19.9. The van der Waals surface area contributed by atoms with E-state index in [9.17, 15) is 4.79 Å². The van der Waals surface area contributed by atoms with Gasteiger partial charge in [0.25, 0.3) is 5.91 Å². The van der Waals surface area contributed by atoms with Gasteiger partial charge in [0.15, 0.2) is 0 Å². The summed E-state index contributed by atoms with van der Waals surface area (Å²) >= 11 is 0. The third kappa shape index (κ3) is 1.58. The Morgan fingerprint density at radius 2 is 2.00 bits per heavy atom. The molecule has 1 amide bonds. The second-order valence-electron chi connectivity index (χ2n) is 3.86. The summed E-state index contributed by atoms with van der Waals surface area (Å²) in [5, 5.41) is 0. The molecule has 5 nitrogen and oxygen atoms in total. The van der Waals surface area contributed by atoms with Gasteiger partial charge in [-0.2, -0.15) is 0 Å². The summed E-state index contributed by atoms with van der Waals surface area (Å²) in [5.41, 5.74) is 1.42. The van der Waals surface area contributed by atoms with Crippen molar-refractivity contribution >= 4 is 11.6 Å². The molecule has 5 heteroatoms. The predicted molar refractivity (Wildman–Crippen MR) is 61.0 cm³/mol. The number of hydrogen-bond acceptors (Lipinski definition) is 4. The molecule has 0 aliphatic carbocycles. The second kappa shape index (κ2) is 4.00. The van der Waals surface area contributed by atoms with Crippen LogP contribution in [0.15, 0.2) is 12.3 Å². The third-order valence-electron chi connectivity index (χ3n) is 2.83. The van der Waals surface area contributed by atoms with E-state index in [1.54, 1.807) is 18.1 Å². The van der Waals surface area contributed by atoms with Gasteiger partial charge in [0, 0.05) is 33.4 Å². The Morgan fingerprint density at radius 1 is 1.31 bits per heavy atom. The molecule has 0 unspecified atom stereocenters. The number of nitrogens with zero attached hydrogens (tertiary/aromatic N) is 3. The van der Waals surface area contributed by atoms with E-state index in [0.29, 0.717) is 18.0 Å². The number of hydrogen-bond donors (Lipinski definition) is 0. The van der Waals surface area contributed by atoms with E-state index in [1.165, 1.54) is 7.11 Å². The van der Waals surface area contributed by atoms with E-state index in [0.717, 1.165) is 12.2 Å². The number of amides is 1. The van der Waals surface area contributed by atoms with Gasteiger partial charge in [-0.05, 0) is 6.07 Å². The maximum Gasteiger partial charge on any atom is 0.261 e. The van der Waals surface area contributed by atoms with Crippen molar-refractivity contribution in [2.75, 3.05) is 39.2 Å². The van der Waals surface area contributed by atoms with E-state index >= 15 is 0 Å². The molecule has 0 aromatic carbocycles. The summed E-state index contributed by atoms with van der Waals surface area (Å²) in [5.74, 6) is 0.354. The van der Waals surface area contributed by atoms with Gasteiger partial charge in [-0.25, -0.2) is 4.98 Å². The number of carbonyl (C=O) groups excluding carboxylic acids is 1. The lowest BCUT2D eigenvalue weighted by Gasteiger charge is -2.18. The van der Waals surface area contributed by atoms with Crippen molar-refractivity contribution in [1.82, 2.24) is 9.88 Å². The first-order valence-corrected chi connectivity index (χ1v) is 5.14. The van der Waals surface area contributed by atoms with Gasteiger partial charge < -0.3 is 14.5 Å². The van der Waals surface area contributed by atoms with Crippen LogP contribution in [0.3, 0.4) is 0 Å². The van der Waals surface area contributed by atoms with Crippen LogP contribution in [0.5, 0.6) is 5.88 Å². The van der Waals surface area contributed by atoms with Crippen molar-refractivity contribution in [3.63, 3.8) is 0 Å². The lowest BCUT2D eigenvalue weighted by molar-refractivity contribution is 0.0801. The number of pyridine rings is 1. The molecule has 1 aromatic rings. The van der Waals surface area contributed by atoms with E-state index < -0.39 is 0 Å². The normalized spacial score (nSPS) is 15.8. The number of anilines is 1. The molecule has 16 heavy (non-hydrogen) atoms. The van der Waals surface area contributed by atoms with Gasteiger partial charge in [-0.15, -0.1) is 0 Å². The highest BCUT2D eigenvalue weighted by molar-refractivity contribution is 6.02. The van der Waals surface area contributed by atoms with Gasteiger partial charge >= 0.3 is 0 Å². The van der Waals surface area contributed by atoms with Gasteiger partial charge in [0.2, 0.25) is 5.88 Å². The molecule has 0 bridgehead atoms. The molecular formula is C11H15N3O2. The predicted octanol–water partition coefficient (Wildman–Crippen LogP) is 0.612. The van der Waals surface area contributed by atoms with Crippen molar-refractivity contribution in [3.05, 3.63) is 17.8 Å². The Kier molecular flexibility index (Phi) is 2.68. The summed E-state index contributed by atoms with van der Waals surface area (Å²) in [6.07, 6.45) is 1.66. The molecule has 2 rings (SSSR count). The topological polar surface area (TPSA) is 45.7 Å². The Labute approximate surface area is 94.6 Å². The van der Waals surface area contributed by atoms with Gasteiger partial charge in [-0.3, -0.25) is 4.79 Å². The Balaban J connectivity index is 2.60. The molecule has 1 aliphatic heterocycles. The zero-order chi connectivity index (χ0) is 11.7. The molecule has 0 fully saturated rings. The maximum absolute atomic E-state index is 12.1. The van der Waals surface area contributed by atoms with Crippen molar-refractivity contribution < 1.29 is 9.53 Å². The van der Waals surface area contributed by atoms with Crippen molar-refractivity contribution in [1.29, 1.82) is 0 Å². The summed E-state index contributed by atoms with van der Waals surface area (Å²) < 4.78 is 5.15. The van der Waals surface area contributed by atoms with Crippen LogP contribution in [0.25, 0.3) is 0 Å². The van der Waals surface area contributed by atoms with Crippen molar-refractivity contribution in [2.24, 2.45) is 0 Å². The standard InChI is InChI=1S/C11H15N3O2/c1-13-6-7-14(2)11(15)9-8(13)4-5-12-10(9)16-3/h4-5H,6-7H2,1-3H3. The van der Waals surface area contributed by atoms with Gasteiger partial charge in [0.05, 0.1) is 12.8 Å². The van der Waals surface area contributed by atoms with Crippen LogP contribution in [-0.4, -0.2) is 50.1 Å². The maximum atomic E-state index is 12.1. The molecule has 86 valence electrons. The van der Waals surface area contributed by atoms with Crippen molar-refractivity contribution in [3.8, 4) is 5.88 Å². The molecule has 0 saturated heterocycles. The number of carbonyl (C=O) groups is 1. The van der Waals surface area contributed by atoms with Crippen LogP contribution >= 0.6 is 0 Å². The van der Waals surface area contributed by atoms with Gasteiger partial charge in [0.1, 0.15) is 5.56 Å². The quantitative estimate of drug-likeness (QED) is 0.697. The van der Waals surface area contributed by atoms with Crippen LogP contribution < -0.4 is 9.64 Å². The minimum absolute atomic E-state index is 0.0377. The summed E-state index contributed by atoms with van der Waals surface area (Å²) in [6.45, 7) is 1.51. The van der Waals surface area contributed by atoms with Crippen LogP contribution in [0.1, 0.15) is 10.4 Å². The minimum Gasteiger partial charge on any atom is -0.480 e. The van der Waals surface area contributed by atoms with Crippen LogP contribution in [-0.2, 0) is 0 Å². The summed E-state index contributed by atoms with van der Waals surface area (Å²) in [7, 11) is 5.28. The molecule has 0 radical (unpaired) electrons. The van der Waals surface area contributed by atoms with E-state index in [4.69, 9.17) is 4.74 Å². The Hall–Kier alpha value is -1.78. The van der Waals surface area contributed by atoms with E-state index in [1.807, 2.05) is 18.0 Å². The van der Waals surface area contributed by atoms with E-state index in [2.05, 4.69) is 4.98 Å². The fraction of sp³-hybridized carbons (Fsp3) is 0.455. The average molecular weight is 221 g/mol. The second-order valence-corrected chi connectivity index (χ2v) is 3.86. The zero-order valence-electron chi connectivity index (χ0n) is 9.73. The molecule has 0 N–H and O–H groups in total. The average Bonchev–Trinajstić information content (AvgIpc) is 2.42. The van der Waals surface area contributed by atoms with Gasteiger partial charge in [-0.1, -0.05) is 0 Å². The molecule has 0 saturated carbocycles. The number of aromatic nitrogens is 1. The molecular weight excluding hydrogens is 206 g/mol. The molecule has 0 spiro atoms. The Bertz CT molecular complexity index is 420. The van der Waals surface area contributed by atoms with Crippen LogP contribution in [0, 0.1) is 0 Å². The van der Waals surface area contributed by atoms with E-state index in [-0.39, 0.29) is 5.91 Å². The highest BCUT2D eigenvalue weighted by Gasteiger charge is 2.26. The Morgan fingerprint density at radius 3 is 2.69 bits per heavy atom. The number of likely N-dealkylation sites (N-methyl/N-ethyl adjacent to an activating group) is 2. The van der Waals surface area contributed by atoms with Crippen LogP contribution in [0.2, 0.25) is 0 Å². The highest BCUT2D eigenvalue weighted by Crippen LogP contribution is 2.29. The highest BCUT2D eigenvalue weighted by atomic mass is 16.5. The SMILES string of the molecule is COc1nccc2c1C(=O)N(C)CCN2C. The lowest BCUT2D eigenvalue weighted by Crippen LogP contribution is -2.30. The van der Waals surface area contributed by atoms with Crippen molar-refractivity contribution in [2.45, 2.75) is 0 Å². The molecule has 1 aliphatic rings. The number of rotatable bonds is 1. The fourth-order valence-corrected chi connectivity index (χ4v) is 1.82. The van der Waals surface area contributed by atoms with Crippen LogP contribution in [0.4, 0.5) is 5.69 Å². The number of fused-ring (bicyclic) bond motifs is 1. The largest absolute Gasteiger partial charge is 0.480 e. The number of methoxy groups -OCH3 is 1. The minimum atomic E-state index is -0.0377. The molecule has 2 heterocycles. The monoisotopic (exact) mass is 221 g/mol. The first-order chi connectivity index (χ1) is 7.65. The fourth-order valence-electron chi connectivity index (χ4n) is 1.82. The first kappa shape index (κ1) is 10.7.